The molecule has 0 spiro atoms. The smallest absolute Gasteiger partial charge is 0.396 e. The third-order valence-corrected chi connectivity index (χ3v) is 26.5. The van der Waals surface area contributed by atoms with Gasteiger partial charge in [-0.15, -0.1) is 0 Å². The molecule has 0 saturated carbocycles. The average Bonchev–Trinajstić information content (AvgIpc) is 0.721. The Balaban J connectivity index is 0.000000184. The molecular weight excluding hydrogens is 2010 g/mol. The number of anilines is 6. The van der Waals surface area contributed by atoms with Crippen molar-refractivity contribution in [3.8, 4) is 69.0 Å². The first-order chi connectivity index (χ1) is 68.9. The summed E-state index contributed by atoms with van der Waals surface area (Å²) in [5, 5.41) is 30.2. The number of pyridine rings is 9. The van der Waals surface area contributed by atoms with Crippen LogP contribution in [0.2, 0.25) is 15.1 Å². The Morgan fingerprint density at radius 2 is 0.612 bits per heavy atom. The number of benzene rings is 3. The van der Waals surface area contributed by atoms with Gasteiger partial charge in [-0.1, -0.05) is 96.1 Å². The molecule has 768 valence electrons. The predicted molar refractivity (Wildman–Crippen MR) is 525 cm³/mol. The van der Waals surface area contributed by atoms with E-state index < -0.39 is 183 Å². The summed E-state index contributed by atoms with van der Waals surface area (Å²) >= 11 is 19.8. The van der Waals surface area contributed by atoms with E-state index in [4.69, 9.17) is 52.0 Å². The van der Waals surface area contributed by atoms with Gasteiger partial charge in [0.2, 0.25) is 17.7 Å². The summed E-state index contributed by atoms with van der Waals surface area (Å²) in [5.74, 6) is -23.7. The van der Waals surface area contributed by atoms with E-state index >= 15 is 13.2 Å². The summed E-state index contributed by atoms with van der Waals surface area (Å²) < 4.78 is 235. The number of piperazine rings is 3. The Bertz CT molecular complexity index is 7560. The number of carbonyl (C=O) groups excluding carboxylic acids is 3. The van der Waals surface area contributed by atoms with E-state index in [9.17, 15) is 102 Å². The highest BCUT2D eigenvalue weighted by atomic mass is 35.5. The summed E-state index contributed by atoms with van der Waals surface area (Å²) in [6, 6.07) is 11.8. The van der Waals surface area contributed by atoms with Gasteiger partial charge in [-0.3, -0.25) is 57.4 Å². The molecule has 6 N–H and O–H groups in total. The minimum absolute atomic E-state index is 0.0355. The highest BCUT2D eigenvalue weighted by Crippen LogP contribution is 2.51. The molecule has 3 saturated heterocycles. The SMILES string of the molecule is C=CC(=O)N1[C@H](C)CN(c2c(C#N)c(=O)n(-c3c(C)ccnc3C(C)C)c3nc(-c4c(N)c(F)c(F)c(C(F)(F)F)c4F)c(Cl)cc23)C[C@@H]1C.C=CC(=O)N1[C@H](C)CN(c2c(C#N)c(=O)n(-c3c(C)ccnc3C(C)C)c3nc(-c4c(N)c(F)c(F)c(C(F)(F)F)c4F)c(Cl)cc23)C[C@@H]1C.C=CC(=O)N1[C@H](C)CN(c2c(C#N)c(=O)n(-c3c(C)ccnc3C(C)C)c3nc(-c4c(N)c(F)c(F)c(F)c4F)c(Cl)cc23)C[C@@H]1C. The number of alkyl halides is 6. The van der Waals surface area contributed by atoms with E-state index in [1.165, 1.54) is 36.7 Å². The number of hydrogen-bond donors (Lipinski definition) is 3. The van der Waals surface area contributed by atoms with Crippen molar-refractivity contribution in [2.45, 2.75) is 170 Å². The lowest BCUT2D eigenvalue weighted by Gasteiger charge is -2.45. The minimum Gasteiger partial charge on any atom is -0.396 e. The van der Waals surface area contributed by atoms with Crippen molar-refractivity contribution in [3.05, 3.63) is 259 Å². The molecule has 27 nitrogen and oxygen atoms in total. The van der Waals surface area contributed by atoms with Gasteiger partial charge < -0.3 is 46.6 Å². The van der Waals surface area contributed by atoms with Crippen molar-refractivity contribution >= 4 is 120 Å². The second-order valence-electron chi connectivity index (χ2n) is 36.5. The van der Waals surface area contributed by atoms with Crippen LogP contribution in [0.1, 0.15) is 162 Å². The van der Waals surface area contributed by atoms with E-state index in [1.807, 2.05) is 32.1 Å². The predicted octanol–water partition coefficient (Wildman–Crippen LogP) is 20.2. The standard InChI is InChI=1S/2C34H30ClF6N7O2.C33H30ClF4N7O2/c2*1-7-21(49)47-16(5)12-46(13-17(47)6)31-18-10-20(35)29(22-24(36)23(34(39,40)41)25(37)26(38)27(22)43)45-32(18)48(33(50)19(31)11-42)30-15(4)8-9-44-28(30)14(2)3;1-7-21(46)44-16(5)12-43(13-17(44)6)31-18-10-20(34)29(22-23(35)24(36)25(37)26(38)27(22)40)42-32(18)45(33(47)19(31)11-39)30-15(4)8-9-41-28(30)14(2)3/h2*7-10,14,16-17H,1,12-13,43H2,2-6H3;7-10,14,16-17H,1,12-13,40H2,2-6H3/t3*16-,17+. The Hall–Kier alpha value is -15.2. The van der Waals surface area contributed by atoms with Crippen molar-refractivity contribution in [2.75, 3.05) is 71.2 Å². The van der Waals surface area contributed by atoms with Gasteiger partial charge >= 0.3 is 12.4 Å². The van der Waals surface area contributed by atoms with Crippen LogP contribution < -0.4 is 48.6 Å². The van der Waals surface area contributed by atoms with E-state index in [0.717, 1.165) is 25.8 Å². The minimum atomic E-state index is -5.68. The maximum atomic E-state index is 15.7. The van der Waals surface area contributed by atoms with Crippen LogP contribution in [-0.2, 0) is 26.7 Å². The molecule has 3 aliphatic heterocycles. The van der Waals surface area contributed by atoms with Crippen LogP contribution in [-0.4, -0.2) is 152 Å². The van der Waals surface area contributed by atoms with E-state index in [-0.39, 0.29) is 176 Å². The molecule has 9 aromatic heterocycles. The van der Waals surface area contributed by atoms with Crippen LogP contribution in [0, 0.1) is 113 Å². The summed E-state index contributed by atoms with van der Waals surface area (Å²) in [5.41, 5.74) is 1.81. The number of amides is 3. The zero-order valence-corrected chi connectivity index (χ0v) is 83.2. The molecule has 0 unspecified atom stereocenters. The van der Waals surface area contributed by atoms with Gasteiger partial charge in [0.25, 0.3) is 16.7 Å². The van der Waals surface area contributed by atoms with Crippen LogP contribution in [0.15, 0.2) is 107 Å². The number of aromatic nitrogens is 9. The van der Waals surface area contributed by atoms with Crippen LogP contribution in [0.4, 0.5) is 104 Å². The molecule has 3 fully saturated rings. The van der Waals surface area contributed by atoms with Crippen LogP contribution >= 0.6 is 34.8 Å². The molecule has 0 bridgehead atoms. The van der Waals surface area contributed by atoms with Gasteiger partial charge in [0, 0.05) is 110 Å². The third kappa shape index (κ3) is 18.9. The fraction of sp³-hybridized carbons (Fsp3) is 0.317. The van der Waals surface area contributed by atoms with Gasteiger partial charge in [0.05, 0.1) is 117 Å². The molecule has 12 aromatic rings. The molecule has 0 aliphatic carbocycles. The van der Waals surface area contributed by atoms with Crippen LogP contribution in [0.25, 0.3) is 83.9 Å². The number of carbonyl (C=O) groups is 3. The number of nitrogens with two attached hydrogens (primary N) is 3. The third-order valence-electron chi connectivity index (χ3n) is 25.6. The Morgan fingerprint density at radius 3 is 0.830 bits per heavy atom. The molecule has 0 radical (unpaired) electrons. The number of nitrogens with zero attached hydrogens (tertiary/aromatic N) is 18. The number of fused-ring (bicyclic) bond motifs is 3. The highest BCUT2D eigenvalue weighted by Gasteiger charge is 2.47. The Labute approximate surface area is 843 Å². The molecular formula is C101H90Cl3F16N21O6. The average molecular weight is 2100 g/mol. The first-order valence-electron chi connectivity index (χ1n) is 45.1. The normalized spacial score (nSPS) is 16.6. The van der Waals surface area contributed by atoms with Gasteiger partial charge in [0.1, 0.15) is 74.6 Å². The molecule has 147 heavy (non-hydrogen) atoms. The lowest BCUT2D eigenvalue weighted by molar-refractivity contribution is -0.143. The van der Waals surface area contributed by atoms with E-state index in [2.05, 4.69) is 49.6 Å². The molecule has 3 amide bonds. The van der Waals surface area contributed by atoms with Crippen molar-refractivity contribution < 1.29 is 84.6 Å². The van der Waals surface area contributed by atoms with Gasteiger partial charge in [0.15, 0.2) is 46.5 Å². The fourth-order valence-corrected chi connectivity index (χ4v) is 20.2. The van der Waals surface area contributed by atoms with Crippen LogP contribution in [0.5, 0.6) is 0 Å². The van der Waals surface area contributed by atoms with Gasteiger partial charge in [-0.25, -0.2) is 58.9 Å². The monoisotopic (exact) mass is 2100 g/mol. The molecule has 6 atom stereocenters. The summed E-state index contributed by atoms with van der Waals surface area (Å²) in [6.07, 6.45) is -3.26. The second-order valence-corrected chi connectivity index (χ2v) is 37.7. The summed E-state index contributed by atoms with van der Waals surface area (Å²) in [6.45, 7) is 38.0. The maximum absolute atomic E-state index is 15.7. The Morgan fingerprint density at radius 1 is 0.388 bits per heavy atom. The highest BCUT2D eigenvalue weighted by molar-refractivity contribution is 6.35. The first-order valence-corrected chi connectivity index (χ1v) is 46.3. The number of hydrogen-bond acceptors (Lipinski definition) is 21. The number of nitrogen functional groups attached to an aromatic ring is 3. The van der Waals surface area contributed by atoms with Crippen molar-refractivity contribution in [1.29, 1.82) is 15.8 Å². The van der Waals surface area contributed by atoms with Gasteiger partial charge in [-0.2, -0.15) is 42.1 Å². The lowest BCUT2D eigenvalue weighted by Crippen LogP contribution is -2.58. The summed E-state index contributed by atoms with van der Waals surface area (Å²) in [7, 11) is 0. The Kier molecular flexibility index (Phi) is 30.7. The fourth-order valence-electron chi connectivity index (χ4n) is 19.4. The maximum Gasteiger partial charge on any atom is 0.422 e. The second kappa shape index (κ2) is 41.4. The largest absolute Gasteiger partial charge is 0.422 e. The zero-order chi connectivity index (χ0) is 109. The molecule has 3 aliphatic rings. The number of halogens is 19. The number of nitriles is 3. The molecule has 3 aromatic carbocycles. The van der Waals surface area contributed by atoms with E-state index in [1.54, 1.807) is 144 Å². The van der Waals surface area contributed by atoms with E-state index in [0.29, 0.717) is 33.8 Å². The van der Waals surface area contributed by atoms with Crippen molar-refractivity contribution in [2.24, 2.45) is 0 Å². The lowest BCUT2D eigenvalue weighted by atomic mass is 9.99. The first kappa shape index (κ1) is 109. The van der Waals surface area contributed by atoms with Crippen molar-refractivity contribution in [1.82, 2.24) is 58.3 Å². The zero-order valence-electron chi connectivity index (χ0n) is 80.9. The number of aryl methyl sites for hydroxylation is 3. The molecule has 12 heterocycles. The van der Waals surface area contributed by atoms with Crippen LogP contribution in [0.3, 0.4) is 0 Å². The molecule has 46 heteroatoms. The summed E-state index contributed by atoms with van der Waals surface area (Å²) in [4.78, 5) is 118. The number of rotatable bonds is 15. The molecule has 15 rings (SSSR count). The topological polar surface area (TPSA) is 363 Å². The quantitative estimate of drug-likeness (QED) is 0.0282. The van der Waals surface area contributed by atoms with Crippen molar-refractivity contribution in [3.63, 3.8) is 0 Å². The van der Waals surface area contributed by atoms with Gasteiger partial charge in [-0.05, 0) is 151 Å².